The van der Waals surface area contributed by atoms with E-state index in [1.54, 1.807) is 22.6 Å². The average molecular weight is 436 g/mol. The fourth-order valence-electron chi connectivity index (χ4n) is 3.89. The first kappa shape index (κ1) is 23.7. The van der Waals surface area contributed by atoms with Crippen LogP contribution in [0.3, 0.4) is 0 Å². The maximum atomic E-state index is 13.5. The van der Waals surface area contributed by atoms with Gasteiger partial charge in [0.2, 0.25) is 0 Å². The Morgan fingerprint density at radius 1 is 1.12 bits per heavy atom. The molecule has 1 atom stereocenters. The lowest BCUT2D eigenvalue weighted by molar-refractivity contribution is 0.0603. The van der Waals surface area contributed by atoms with Gasteiger partial charge in [0.05, 0.1) is 23.6 Å². The van der Waals surface area contributed by atoms with Crippen molar-refractivity contribution in [1.82, 2.24) is 14.5 Å². The molecule has 0 saturated heterocycles. The maximum Gasteiger partial charge on any atom is 0.261 e. The molecule has 170 valence electrons. The third-order valence-corrected chi connectivity index (χ3v) is 5.84. The molecule has 0 aliphatic heterocycles. The van der Waals surface area contributed by atoms with Gasteiger partial charge in [0.15, 0.2) is 0 Å². The van der Waals surface area contributed by atoms with Crippen LogP contribution in [0, 0.1) is 0 Å². The number of para-hydroxylation sites is 1. The molecule has 1 amide bonds. The lowest BCUT2D eigenvalue weighted by atomic mass is 9.86. The number of amides is 1. The molecular weight excluding hydrogens is 402 g/mol. The summed E-state index contributed by atoms with van der Waals surface area (Å²) >= 11 is 0. The summed E-state index contributed by atoms with van der Waals surface area (Å²) in [6.07, 6.45) is 0. The topological polar surface area (TPSA) is 64.4 Å². The highest BCUT2D eigenvalue weighted by Gasteiger charge is 2.27. The van der Waals surface area contributed by atoms with Crippen LogP contribution >= 0.6 is 0 Å². The molecule has 1 heterocycles. The molecule has 1 aromatic heterocycles. The van der Waals surface area contributed by atoms with Crippen LogP contribution < -0.4 is 5.56 Å². The van der Waals surface area contributed by atoms with Gasteiger partial charge in [0, 0.05) is 25.8 Å². The number of hydrogen-bond acceptors (Lipinski definition) is 4. The van der Waals surface area contributed by atoms with Crippen LogP contribution in [0.25, 0.3) is 10.9 Å². The number of ether oxygens (including phenoxy) is 1. The SMILES string of the molecule is CCn1c(C(C)N(CCOC)C(=O)c2ccc(C(C)(C)C)cc2)nc2ccccc2c1=O. The molecule has 0 saturated carbocycles. The van der Waals surface area contributed by atoms with E-state index < -0.39 is 6.04 Å². The fraction of sp³-hybridized carbons (Fsp3) is 0.423. The number of nitrogens with zero attached hydrogens (tertiary/aromatic N) is 3. The summed E-state index contributed by atoms with van der Waals surface area (Å²) < 4.78 is 6.93. The Kier molecular flexibility index (Phi) is 7.14. The lowest BCUT2D eigenvalue weighted by Gasteiger charge is -2.30. The third kappa shape index (κ3) is 4.75. The Balaban J connectivity index is 2.04. The highest BCUT2D eigenvalue weighted by Crippen LogP contribution is 2.25. The van der Waals surface area contributed by atoms with Gasteiger partial charge in [-0.1, -0.05) is 45.0 Å². The summed E-state index contributed by atoms with van der Waals surface area (Å²) in [6, 6.07) is 14.7. The number of methoxy groups -OCH3 is 1. The number of carbonyl (C=O) groups excluding carboxylic acids is 1. The summed E-state index contributed by atoms with van der Waals surface area (Å²) in [5.74, 6) is 0.465. The Hall–Kier alpha value is -2.99. The van der Waals surface area contributed by atoms with Crippen molar-refractivity contribution in [3.63, 3.8) is 0 Å². The van der Waals surface area contributed by atoms with E-state index in [9.17, 15) is 9.59 Å². The van der Waals surface area contributed by atoms with Crippen molar-refractivity contribution in [3.05, 3.63) is 75.8 Å². The Bertz CT molecular complexity index is 1140. The zero-order valence-corrected chi connectivity index (χ0v) is 19.9. The Morgan fingerprint density at radius 2 is 1.78 bits per heavy atom. The zero-order valence-electron chi connectivity index (χ0n) is 19.9. The van der Waals surface area contributed by atoms with E-state index >= 15 is 0 Å². The van der Waals surface area contributed by atoms with Crippen LogP contribution in [0.15, 0.2) is 53.3 Å². The number of carbonyl (C=O) groups is 1. The predicted octanol–water partition coefficient (Wildman–Crippen LogP) is 4.56. The number of hydrogen-bond donors (Lipinski definition) is 0. The molecule has 2 aromatic carbocycles. The van der Waals surface area contributed by atoms with Crippen molar-refractivity contribution in [3.8, 4) is 0 Å². The Morgan fingerprint density at radius 3 is 2.38 bits per heavy atom. The minimum Gasteiger partial charge on any atom is -0.383 e. The molecule has 0 aliphatic rings. The molecule has 6 heteroatoms. The number of fused-ring (bicyclic) bond motifs is 1. The summed E-state index contributed by atoms with van der Waals surface area (Å²) in [5, 5.41) is 0.581. The largest absolute Gasteiger partial charge is 0.383 e. The lowest BCUT2D eigenvalue weighted by Crippen LogP contribution is -2.39. The second-order valence-corrected chi connectivity index (χ2v) is 9.03. The highest BCUT2D eigenvalue weighted by molar-refractivity contribution is 5.94. The van der Waals surface area contributed by atoms with Gasteiger partial charge in [0.25, 0.3) is 11.5 Å². The van der Waals surface area contributed by atoms with Gasteiger partial charge < -0.3 is 9.64 Å². The van der Waals surface area contributed by atoms with Gasteiger partial charge in [-0.05, 0) is 49.1 Å². The quantitative estimate of drug-likeness (QED) is 0.546. The standard InChI is InChI=1S/C26H33N3O3/c1-7-28-23(27-22-11-9-8-10-21(22)25(28)31)18(2)29(16-17-32-6)24(30)19-12-14-20(15-13-19)26(3,4)5/h8-15,18H,7,16-17H2,1-6H3. The van der Waals surface area contributed by atoms with Crippen molar-refractivity contribution in [1.29, 1.82) is 0 Å². The van der Waals surface area contributed by atoms with Crippen LogP contribution in [0.1, 0.15) is 62.4 Å². The summed E-state index contributed by atoms with van der Waals surface area (Å²) in [6.45, 7) is 11.5. The van der Waals surface area contributed by atoms with Crippen molar-refractivity contribution >= 4 is 16.8 Å². The summed E-state index contributed by atoms with van der Waals surface area (Å²) in [5.41, 5.74) is 2.33. The molecule has 0 aliphatic carbocycles. The normalized spacial score (nSPS) is 12.7. The third-order valence-electron chi connectivity index (χ3n) is 5.84. The first-order valence-electron chi connectivity index (χ1n) is 11.1. The van der Waals surface area contributed by atoms with Crippen LogP contribution in [0.4, 0.5) is 0 Å². The average Bonchev–Trinajstić information content (AvgIpc) is 2.78. The highest BCUT2D eigenvalue weighted by atomic mass is 16.5. The molecule has 0 fully saturated rings. The molecule has 0 bridgehead atoms. The number of rotatable bonds is 7. The molecule has 32 heavy (non-hydrogen) atoms. The molecule has 0 N–H and O–H groups in total. The molecule has 1 unspecified atom stereocenters. The minimum absolute atomic E-state index is 0.0107. The predicted molar refractivity (Wildman–Crippen MR) is 128 cm³/mol. The zero-order chi connectivity index (χ0) is 23.5. The molecule has 0 radical (unpaired) electrons. The van der Waals surface area contributed by atoms with Crippen LogP contribution in [-0.2, 0) is 16.7 Å². The van der Waals surface area contributed by atoms with Gasteiger partial charge in [-0.3, -0.25) is 14.2 Å². The smallest absolute Gasteiger partial charge is 0.261 e. The van der Waals surface area contributed by atoms with E-state index in [-0.39, 0.29) is 16.9 Å². The first-order chi connectivity index (χ1) is 15.2. The van der Waals surface area contributed by atoms with Crippen LogP contribution in [-0.4, -0.2) is 40.6 Å². The minimum atomic E-state index is -0.405. The first-order valence-corrected chi connectivity index (χ1v) is 11.1. The van der Waals surface area contributed by atoms with E-state index in [0.717, 1.165) is 0 Å². The molecule has 3 aromatic rings. The summed E-state index contributed by atoms with van der Waals surface area (Å²) in [7, 11) is 1.61. The van der Waals surface area contributed by atoms with E-state index in [4.69, 9.17) is 9.72 Å². The summed E-state index contributed by atoms with van der Waals surface area (Å²) in [4.78, 5) is 33.1. The maximum absolute atomic E-state index is 13.5. The molecule has 0 spiro atoms. The van der Waals surface area contributed by atoms with E-state index in [1.807, 2.05) is 56.3 Å². The fourth-order valence-corrected chi connectivity index (χ4v) is 3.89. The van der Waals surface area contributed by atoms with Gasteiger partial charge in [-0.15, -0.1) is 0 Å². The van der Waals surface area contributed by atoms with Gasteiger partial charge >= 0.3 is 0 Å². The number of benzene rings is 2. The van der Waals surface area contributed by atoms with E-state index in [2.05, 4.69) is 20.8 Å². The van der Waals surface area contributed by atoms with Gasteiger partial charge in [-0.2, -0.15) is 0 Å². The van der Waals surface area contributed by atoms with Crippen molar-refractivity contribution in [2.75, 3.05) is 20.3 Å². The van der Waals surface area contributed by atoms with E-state index in [1.165, 1.54) is 5.56 Å². The molecular formula is C26H33N3O3. The van der Waals surface area contributed by atoms with Crippen LogP contribution in [0.5, 0.6) is 0 Å². The number of aromatic nitrogens is 2. The van der Waals surface area contributed by atoms with Gasteiger partial charge in [-0.25, -0.2) is 4.98 Å². The second-order valence-electron chi connectivity index (χ2n) is 9.03. The van der Waals surface area contributed by atoms with Crippen molar-refractivity contribution < 1.29 is 9.53 Å². The molecule has 3 rings (SSSR count). The monoisotopic (exact) mass is 435 g/mol. The van der Waals surface area contributed by atoms with Crippen molar-refractivity contribution in [2.45, 2.75) is 52.6 Å². The van der Waals surface area contributed by atoms with Crippen LogP contribution in [0.2, 0.25) is 0 Å². The second kappa shape index (κ2) is 9.65. The Labute approximate surface area is 189 Å². The molecule has 6 nitrogen and oxygen atoms in total. The van der Waals surface area contributed by atoms with Gasteiger partial charge in [0.1, 0.15) is 5.82 Å². The van der Waals surface area contributed by atoms with Crippen molar-refractivity contribution in [2.24, 2.45) is 0 Å². The van der Waals surface area contributed by atoms with E-state index in [0.29, 0.717) is 42.0 Å².